The number of hydrogen-bond donors (Lipinski definition) is 1. The normalized spacial score (nSPS) is 13.4. The van der Waals surface area contributed by atoms with Crippen LogP contribution in [-0.2, 0) is 5.54 Å². The van der Waals surface area contributed by atoms with Crippen molar-refractivity contribution in [1.82, 2.24) is 0 Å². The Morgan fingerprint density at radius 1 is 1.06 bits per heavy atom. The van der Waals surface area contributed by atoms with E-state index >= 15 is 0 Å². The van der Waals surface area contributed by atoms with Crippen LogP contribution in [0, 0.1) is 18.3 Å². The van der Waals surface area contributed by atoms with Crippen molar-refractivity contribution in [2.75, 3.05) is 5.32 Å². The lowest BCUT2D eigenvalue weighted by Gasteiger charge is -2.25. The minimum absolute atomic E-state index is 0.713. The number of nitrogens with one attached hydrogen (secondary N) is 1. The lowest BCUT2D eigenvalue weighted by molar-refractivity contribution is 0.706. The van der Waals surface area contributed by atoms with Gasteiger partial charge in [0, 0.05) is 5.69 Å². The fourth-order valence-electron chi connectivity index (χ4n) is 1.95. The van der Waals surface area contributed by atoms with Crippen LogP contribution in [0.25, 0.3) is 0 Å². The number of hydrogen-bond acceptors (Lipinski definition) is 2. The molecule has 0 amide bonds. The Kier molecular flexibility index (Phi) is 3.34. The summed E-state index contributed by atoms with van der Waals surface area (Å²) in [5, 5.41) is 12.8. The third-order valence-electron chi connectivity index (χ3n) is 2.99. The van der Waals surface area contributed by atoms with E-state index in [0.29, 0.717) is 0 Å². The predicted molar refractivity (Wildman–Crippen MR) is 74.2 cm³/mol. The fourth-order valence-corrected chi connectivity index (χ4v) is 1.95. The van der Waals surface area contributed by atoms with Gasteiger partial charge in [0.05, 0.1) is 6.07 Å². The maximum Gasteiger partial charge on any atom is 0.148 e. The first-order chi connectivity index (χ1) is 8.64. The Balaban J connectivity index is 2.33. The molecule has 1 atom stereocenters. The van der Waals surface area contributed by atoms with Gasteiger partial charge in [0.1, 0.15) is 5.54 Å². The molecule has 2 rings (SSSR count). The van der Waals surface area contributed by atoms with Gasteiger partial charge in [-0.2, -0.15) is 5.26 Å². The summed E-state index contributed by atoms with van der Waals surface area (Å²) in [6, 6.07) is 20.2. The monoisotopic (exact) mass is 236 g/mol. The molecule has 0 fully saturated rings. The molecular weight excluding hydrogens is 220 g/mol. The zero-order valence-electron chi connectivity index (χ0n) is 10.6. The van der Waals surface area contributed by atoms with E-state index in [1.807, 2.05) is 68.4 Å². The average molecular weight is 236 g/mol. The van der Waals surface area contributed by atoms with Gasteiger partial charge in [-0.15, -0.1) is 0 Å². The van der Waals surface area contributed by atoms with Crippen molar-refractivity contribution >= 4 is 5.69 Å². The SMILES string of the molecule is Cc1cccc(NC(C)(C#N)c2ccccc2)c1. The minimum atomic E-state index is -0.713. The van der Waals surface area contributed by atoms with Crippen molar-refractivity contribution in [2.24, 2.45) is 0 Å². The molecule has 0 heterocycles. The van der Waals surface area contributed by atoms with E-state index in [4.69, 9.17) is 0 Å². The van der Waals surface area contributed by atoms with Crippen molar-refractivity contribution < 1.29 is 0 Å². The van der Waals surface area contributed by atoms with Crippen LogP contribution in [0.3, 0.4) is 0 Å². The van der Waals surface area contributed by atoms with E-state index < -0.39 is 5.54 Å². The standard InChI is InChI=1S/C16H16N2/c1-13-7-6-10-15(11-13)18-16(2,12-17)14-8-4-3-5-9-14/h3-11,18H,1-2H3. The van der Waals surface area contributed by atoms with Gasteiger partial charge in [-0.25, -0.2) is 0 Å². The van der Waals surface area contributed by atoms with Crippen molar-refractivity contribution in [3.8, 4) is 6.07 Å². The topological polar surface area (TPSA) is 35.8 Å². The van der Waals surface area contributed by atoms with Crippen LogP contribution >= 0.6 is 0 Å². The van der Waals surface area contributed by atoms with Crippen LogP contribution in [0.2, 0.25) is 0 Å². The first-order valence-electron chi connectivity index (χ1n) is 5.96. The Hall–Kier alpha value is -2.27. The quantitative estimate of drug-likeness (QED) is 0.878. The van der Waals surface area contributed by atoms with Gasteiger partial charge in [0.2, 0.25) is 0 Å². The molecule has 90 valence electrons. The molecule has 0 aliphatic heterocycles. The maximum absolute atomic E-state index is 9.46. The van der Waals surface area contributed by atoms with Crippen LogP contribution in [0.15, 0.2) is 54.6 Å². The third-order valence-corrected chi connectivity index (χ3v) is 2.99. The van der Waals surface area contributed by atoms with Crippen LogP contribution in [-0.4, -0.2) is 0 Å². The predicted octanol–water partition coefficient (Wildman–Crippen LogP) is 3.85. The summed E-state index contributed by atoms with van der Waals surface area (Å²) < 4.78 is 0. The van der Waals surface area contributed by atoms with E-state index in [1.165, 1.54) is 5.56 Å². The molecule has 1 N–H and O–H groups in total. The second-order valence-corrected chi connectivity index (χ2v) is 4.60. The molecule has 0 saturated heterocycles. The van der Waals surface area contributed by atoms with E-state index in [-0.39, 0.29) is 0 Å². The molecule has 0 bridgehead atoms. The summed E-state index contributed by atoms with van der Waals surface area (Å²) >= 11 is 0. The highest BCUT2D eigenvalue weighted by Crippen LogP contribution is 2.25. The van der Waals surface area contributed by atoms with Gasteiger partial charge in [-0.05, 0) is 37.1 Å². The van der Waals surface area contributed by atoms with Gasteiger partial charge in [0.15, 0.2) is 0 Å². The molecule has 2 aromatic carbocycles. The number of benzene rings is 2. The summed E-state index contributed by atoms with van der Waals surface area (Å²) in [7, 11) is 0. The van der Waals surface area contributed by atoms with E-state index in [9.17, 15) is 5.26 Å². The summed E-state index contributed by atoms with van der Waals surface area (Å²) in [5.41, 5.74) is 2.39. The number of aryl methyl sites for hydroxylation is 1. The molecule has 2 heteroatoms. The van der Waals surface area contributed by atoms with Crippen molar-refractivity contribution in [3.05, 3.63) is 65.7 Å². The Morgan fingerprint density at radius 2 is 1.78 bits per heavy atom. The van der Waals surface area contributed by atoms with Crippen LogP contribution in [0.4, 0.5) is 5.69 Å². The highest BCUT2D eigenvalue weighted by Gasteiger charge is 2.25. The fraction of sp³-hybridized carbons (Fsp3) is 0.188. The molecular formula is C16H16N2. The number of nitriles is 1. The van der Waals surface area contributed by atoms with Crippen LogP contribution in [0.1, 0.15) is 18.1 Å². The van der Waals surface area contributed by atoms with Gasteiger partial charge in [0.25, 0.3) is 0 Å². The second-order valence-electron chi connectivity index (χ2n) is 4.60. The molecule has 0 spiro atoms. The molecule has 0 aliphatic carbocycles. The minimum Gasteiger partial charge on any atom is -0.364 e. The van der Waals surface area contributed by atoms with Gasteiger partial charge < -0.3 is 5.32 Å². The first-order valence-corrected chi connectivity index (χ1v) is 5.96. The Morgan fingerprint density at radius 3 is 2.39 bits per heavy atom. The average Bonchev–Trinajstić information content (AvgIpc) is 2.39. The zero-order valence-corrected chi connectivity index (χ0v) is 10.6. The molecule has 2 aromatic rings. The summed E-state index contributed by atoms with van der Waals surface area (Å²) in [6.07, 6.45) is 0. The molecule has 1 unspecified atom stereocenters. The Labute approximate surface area is 108 Å². The lowest BCUT2D eigenvalue weighted by Crippen LogP contribution is -2.29. The van der Waals surface area contributed by atoms with Crippen molar-refractivity contribution in [3.63, 3.8) is 0 Å². The Bertz CT molecular complexity index is 569. The summed E-state index contributed by atoms with van der Waals surface area (Å²) in [6.45, 7) is 3.93. The van der Waals surface area contributed by atoms with Crippen LogP contribution in [0.5, 0.6) is 0 Å². The van der Waals surface area contributed by atoms with Crippen molar-refractivity contribution in [1.29, 1.82) is 5.26 Å². The molecule has 2 nitrogen and oxygen atoms in total. The number of rotatable bonds is 3. The van der Waals surface area contributed by atoms with Crippen molar-refractivity contribution in [2.45, 2.75) is 19.4 Å². The number of nitrogens with zero attached hydrogens (tertiary/aromatic N) is 1. The zero-order chi connectivity index (χ0) is 13.0. The summed E-state index contributed by atoms with van der Waals surface area (Å²) in [5.74, 6) is 0. The maximum atomic E-state index is 9.46. The van der Waals surface area contributed by atoms with E-state index in [0.717, 1.165) is 11.3 Å². The second kappa shape index (κ2) is 4.93. The number of anilines is 1. The lowest BCUT2D eigenvalue weighted by atomic mass is 9.93. The molecule has 0 aliphatic rings. The van der Waals surface area contributed by atoms with E-state index in [2.05, 4.69) is 11.4 Å². The first kappa shape index (κ1) is 12.2. The molecule has 0 radical (unpaired) electrons. The highest BCUT2D eigenvalue weighted by molar-refractivity contribution is 5.51. The largest absolute Gasteiger partial charge is 0.364 e. The molecule has 18 heavy (non-hydrogen) atoms. The smallest absolute Gasteiger partial charge is 0.148 e. The van der Waals surface area contributed by atoms with Crippen LogP contribution < -0.4 is 5.32 Å². The third kappa shape index (κ3) is 2.52. The molecule has 0 aromatic heterocycles. The molecule has 0 saturated carbocycles. The van der Waals surface area contributed by atoms with Gasteiger partial charge in [-0.1, -0.05) is 42.5 Å². The van der Waals surface area contributed by atoms with E-state index in [1.54, 1.807) is 0 Å². The highest BCUT2D eigenvalue weighted by atomic mass is 15.0. The van der Waals surface area contributed by atoms with Gasteiger partial charge >= 0.3 is 0 Å². The van der Waals surface area contributed by atoms with Gasteiger partial charge in [-0.3, -0.25) is 0 Å². The summed E-state index contributed by atoms with van der Waals surface area (Å²) in [4.78, 5) is 0.